The van der Waals surface area contributed by atoms with Gasteiger partial charge in [-0.2, -0.15) is 5.10 Å². The number of aromatic nitrogens is 2. The number of carbonyl (C=O) groups is 1. The van der Waals surface area contributed by atoms with E-state index in [2.05, 4.69) is 39.0 Å². The monoisotopic (exact) mass is 298 g/mol. The van der Waals surface area contributed by atoms with Gasteiger partial charge < -0.3 is 9.53 Å². The molecular weight excluding hydrogens is 272 g/mol. The number of aryl methyl sites for hydroxylation is 2. The predicted molar refractivity (Wildman–Crippen MR) is 81.7 cm³/mol. The number of nitrogens with zero attached hydrogens (tertiary/aromatic N) is 2. The summed E-state index contributed by atoms with van der Waals surface area (Å²) in [5, 5.41) is 13.5. The molecule has 0 aliphatic heterocycles. The Morgan fingerprint density at radius 2 is 2.05 bits per heavy atom. The van der Waals surface area contributed by atoms with E-state index < -0.39 is 14.3 Å². The third-order valence-electron chi connectivity index (χ3n) is 3.90. The average molecular weight is 298 g/mol. The molecule has 1 rings (SSSR count). The maximum atomic E-state index is 11.1. The molecule has 0 aliphatic carbocycles. The zero-order valence-corrected chi connectivity index (χ0v) is 14.4. The van der Waals surface area contributed by atoms with Crippen LogP contribution in [0.1, 0.15) is 43.4 Å². The summed E-state index contributed by atoms with van der Waals surface area (Å²) in [6, 6.07) is 1.59. The zero-order chi connectivity index (χ0) is 15.6. The van der Waals surface area contributed by atoms with Crippen molar-refractivity contribution >= 4 is 14.3 Å². The first-order chi connectivity index (χ1) is 9.04. The van der Waals surface area contributed by atoms with Gasteiger partial charge in [-0.05, 0) is 37.5 Å². The van der Waals surface area contributed by atoms with Crippen molar-refractivity contribution in [2.45, 2.75) is 58.8 Å². The van der Waals surface area contributed by atoms with Crippen molar-refractivity contribution in [2.75, 3.05) is 6.61 Å². The Morgan fingerprint density at radius 1 is 1.45 bits per heavy atom. The Labute approximate surface area is 122 Å². The molecule has 0 saturated carbocycles. The van der Waals surface area contributed by atoms with Crippen LogP contribution in [0.15, 0.2) is 6.07 Å². The molecule has 0 saturated heterocycles. The van der Waals surface area contributed by atoms with Crippen molar-refractivity contribution in [3.8, 4) is 0 Å². The molecule has 114 valence electrons. The van der Waals surface area contributed by atoms with Crippen LogP contribution in [0, 0.1) is 6.92 Å². The first-order valence-electron chi connectivity index (χ1n) is 6.96. The zero-order valence-electron chi connectivity index (χ0n) is 13.4. The topological polar surface area (TPSA) is 64.3 Å². The second-order valence-corrected chi connectivity index (χ2v) is 11.5. The van der Waals surface area contributed by atoms with Crippen LogP contribution in [0.2, 0.25) is 18.1 Å². The Kier molecular flexibility index (Phi) is 5.15. The van der Waals surface area contributed by atoms with Crippen LogP contribution in [0.3, 0.4) is 0 Å². The molecule has 0 atom stereocenters. The molecule has 20 heavy (non-hydrogen) atoms. The normalized spacial score (nSPS) is 12.7. The van der Waals surface area contributed by atoms with Crippen LogP contribution in [-0.2, 0) is 11.0 Å². The minimum absolute atomic E-state index is 0.196. The van der Waals surface area contributed by atoms with Crippen molar-refractivity contribution in [2.24, 2.45) is 0 Å². The lowest BCUT2D eigenvalue weighted by atomic mass is 10.2. The molecule has 0 aliphatic rings. The third-order valence-corrected chi connectivity index (χ3v) is 8.44. The van der Waals surface area contributed by atoms with Gasteiger partial charge in [0.2, 0.25) is 0 Å². The van der Waals surface area contributed by atoms with E-state index >= 15 is 0 Å². The van der Waals surface area contributed by atoms with Gasteiger partial charge in [0.1, 0.15) is 5.69 Å². The summed E-state index contributed by atoms with van der Waals surface area (Å²) in [7, 11) is -1.72. The Balaban J connectivity index is 2.52. The van der Waals surface area contributed by atoms with Gasteiger partial charge in [-0.3, -0.25) is 4.68 Å². The second kappa shape index (κ2) is 6.09. The summed E-state index contributed by atoms with van der Waals surface area (Å²) in [6.07, 6.45) is 0.772. The maximum absolute atomic E-state index is 11.1. The molecule has 1 aromatic rings. The average Bonchev–Trinajstić information content (AvgIpc) is 2.64. The first-order valence-corrected chi connectivity index (χ1v) is 9.87. The fraction of sp³-hybridized carbons (Fsp3) is 0.714. The van der Waals surface area contributed by atoms with Crippen LogP contribution >= 0.6 is 0 Å². The van der Waals surface area contributed by atoms with Crippen LogP contribution in [0.4, 0.5) is 0 Å². The van der Waals surface area contributed by atoms with Crippen LogP contribution in [0.5, 0.6) is 0 Å². The number of hydrogen-bond acceptors (Lipinski definition) is 3. The molecule has 6 heteroatoms. The van der Waals surface area contributed by atoms with E-state index in [9.17, 15) is 4.79 Å². The third kappa shape index (κ3) is 4.18. The first kappa shape index (κ1) is 16.9. The van der Waals surface area contributed by atoms with Crippen LogP contribution in [-0.4, -0.2) is 35.8 Å². The van der Waals surface area contributed by atoms with Gasteiger partial charge >= 0.3 is 5.97 Å². The van der Waals surface area contributed by atoms with E-state index in [4.69, 9.17) is 9.53 Å². The lowest BCUT2D eigenvalue weighted by Gasteiger charge is -2.36. The molecule has 0 amide bonds. The van der Waals surface area contributed by atoms with Gasteiger partial charge in [-0.25, -0.2) is 4.79 Å². The number of hydrogen-bond donors (Lipinski definition) is 1. The Bertz CT molecular complexity index is 475. The van der Waals surface area contributed by atoms with Gasteiger partial charge in [0.05, 0.1) is 5.69 Å². The number of carboxylic acid groups (broad SMARTS) is 1. The summed E-state index contributed by atoms with van der Waals surface area (Å²) in [4.78, 5) is 11.1. The maximum Gasteiger partial charge on any atom is 0.354 e. The largest absolute Gasteiger partial charge is 0.477 e. The quantitative estimate of drug-likeness (QED) is 0.646. The van der Waals surface area contributed by atoms with E-state index in [0.29, 0.717) is 13.2 Å². The van der Waals surface area contributed by atoms with Gasteiger partial charge in [-0.1, -0.05) is 20.8 Å². The van der Waals surface area contributed by atoms with E-state index in [1.807, 2.05) is 0 Å². The van der Waals surface area contributed by atoms with Gasteiger partial charge in [0, 0.05) is 13.2 Å². The SMILES string of the molecule is Cc1cc(C(=O)O)n(CCCO[Si](C)(C)C(C)(C)C)n1. The summed E-state index contributed by atoms with van der Waals surface area (Å²) >= 11 is 0. The molecule has 1 aromatic heterocycles. The van der Waals surface area contributed by atoms with Gasteiger partial charge in [0.25, 0.3) is 0 Å². The highest BCUT2D eigenvalue weighted by Crippen LogP contribution is 2.36. The van der Waals surface area contributed by atoms with Gasteiger partial charge in [-0.15, -0.1) is 0 Å². The van der Waals surface area contributed by atoms with Crippen molar-refractivity contribution in [3.63, 3.8) is 0 Å². The molecule has 0 radical (unpaired) electrons. The van der Waals surface area contributed by atoms with E-state index in [0.717, 1.165) is 12.1 Å². The summed E-state index contributed by atoms with van der Waals surface area (Å²) in [6.45, 7) is 14.1. The van der Waals surface area contributed by atoms with Crippen molar-refractivity contribution in [1.82, 2.24) is 9.78 Å². The minimum Gasteiger partial charge on any atom is -0.477 e. The molecule has 0 fully saturated rings. The van der Waals surface area contributed by atoms with E-state index in [-0.39, 0.29) is 10.7 Å². The fourth-order valence-corrected chi connectivity index (χ4v) is 2.73. The molecule has 5 nitrogen and oxygen atoms in total. The Hall–Kier alpha value is -1.14. The van der Waals surface area contributed by atoms with E-state index in [1.54, 1.807) is 17.7 Å². The lowest BCUT2D eigenvalue weighted by molar-refractivity contribution is 0.0682. The second-order valence-electron chi connectivity index (χ2n) is 6.66. The molecule has 1 heterocycles. The predicted octanol–water partition coefficient (Wildman–Crippen LogP) is 3.30. The number of rotatable bonds is 6. The summed E-state index contributed by atoms with van der Waals surface area (Å²) in [5.41, 5.74) is 0.975. The smallest absolute Gasteiger partial charge is 0.354 e. The van der Waals surface area contributed by atoms with Crippen LogP contribution in [0.25, 0.3) is 0 Å². The van der Waals surface area contributed by atoms with Crippen molar-refractivity contribution in [1.29, 1.82) is 0 Å². The van der Waals surface area contributed by atoms with Crippen LogP contribution < -0.4 is 0 Å². The minimum atomic E-state index is -1.72. The van der Waals surface area contributed by atoms with E-state index in [1.165, 1.54) is 0 Å². The Morgan fingerprint density at radius 3 is 2.55 bits per heavy atom. The highest BCUT2D eigenvalue weighted by Gasteiger charge is 2.36. The summed E-state index contributed by atoms with van der Waals surface area (Å²) in [5.74, 6) is -0.934. The molecular formula is C14H26N2O3Si. The molecule has 0 unspecified atom stereocenters. The highest BCUT2D eigenvalue weighted by molar-refractivity contribution is 6.74. The molecule has 0 bridgehead atoms. The van der Waals surface area contributed by atoms with Gasteiger partial charge in [0.15, 0.2) is 8.32 Å². The van der Waals surface area contributed by atoms with Crippen molar-refractivity contribution < 1.29 is 14.3 Å². The molecule has 0 spiro atoms. The number of carboxylic acids is 1. The highest BCUT2D eigenvalue weighted by atomic mass is 28.4. The number of aromatic carboxylic acids is 1. The standard InChI is InChI=1S/C14H26N2O3Si/c1-11-10-12(13(17)18)16(15-11)8-7-9-19-20(5,6)14(2,3)4/h10H,7-9H2,1-6H3,(H,17,18). The fourth-order valence-electron chi connectivity index (χ4n) is 1.65. The summed E-state index contributed by atoms with van der Waals surface area (Å²) < 4.78 is 7.62. The lowest BCUT2D eigenvalue weighted by Crippen LogP contribution is -2.41. The molecule has 1 N–H and O–H groups in total. The molecule has 0 aromatic carbocycles. The van der Waals surface area contributed by atoms with Crippen molar-refractivity contribution in [3.05, 3.63) is 17.5 Å².